The van der Waals surface area contributed by atoms with Crippen molar-refractivity contribution in [3.63, 3.8) is 0 Å². The Morgan fingerprint density at radius 1 is 1.30 bits per heavy atom. The summed E-state index contributed by atoms with van der Waals surface area (Å²) >= 11 is 1.37. The van der Waals surface area contributed by atoms with Crippen LogP contribution in [0.4, 0.5) is 11.5 Å². The van der Waals surface area contributed by atoms with Crippen LogP contribution in [0.3, 0.4) is 0 Å². The average molecular weight is 325 g/mol. The van der Waals surface area contributed by atoms with E-state index >= 15 is 0 Å². The Morgan fingerprint density at radius 3 is 2.96 bits per heavy atom. The third-order valence-electron chi connectivity index (χ3n) is 3.90. The fraction of sp³-hybridized carbons (Fsp3) is 0.188. The van der Waals surface area contributed by atoms with Crippen molar-refractivity contribution in [3.8, 4) is 0 Å². The summed E-state index contributed by atoms with van der Waals surface area (Å²) in [7, 11) is 0. The van der Waals surface area contributed by atoms with Gasteiger partial charge in [-0.25, -0.2) is 0 Å². The Kier molecular flexibility index (Phi) is 3.55. The van der Waals surface area contributed by atoms with Crippen molar-refractivity contribution >= 4 is 28.7 Å². The average Bonchev–Trinajstić information content (AvgIpc) is 3.25. The molecule has 2 aromatic heterocycles. The molecule has 0 saturated carbocycles. The van der Waals surface area contributed by atoms with Crippen LogP contribution in [0.5, 0.6) is 0 Å². The van der Waals surface area contributed by atoms with Gasteiger partial charge in [-0.2, -0.15) is 5.10 Å². The molecule has 1 aliphatic heterocycles. The van der Waals surface area contributed by atoms with Crippen molar-refractivity contribution in [1.29, 1.82) is 0 Å². The summed E-state index contributed by atoms with van der Waals surface area (Å²) in [6, 6.07) is 9.90. The summed E-state index contributed by atoms with van der Waals surface area (Å²) < 4.78 is 0. The number of anilines is 2. The molecule has 7 heteroatoms. The molecular weight excluding hydrogens is 310 g/mol. The number of aromatic nitrogens is 3. The molecule has 3 aromatic rings. The lowest BCUT2D eigenvalue weighted by atomic mass is 10.1. The zero-order valence-corrected chi connectivity index (χ0v) is 13.1. The molecule has 1 amide bonds. The zero-order valence-electron chi connectivity index (χ0n) is 12.3. The SMILES string of the molecule is O=C(c1cncs1)N1CCc2[nH]nc(Nc3ccccc3)c2C1. The molecule has 0 saturated heterocycles. The van der Waals surface area contributed by atoms with Crippen molar-refractivity contribution in [2.24, 2.45) is 0 Å². The van der Waals surface area contributed by atoms with Gasteiger partial charge in [-0.1, -0.05) is 18.2 Å². The molecule has 116 valence electrons. The Hall–Kier alpha value is -2.67. The second kappa shape index (κ2) is 5.85. The third-order valence-corrected chi connectivity index (χ3v) is 4.66. The molecule has 0 radical (unpaired) electrons. The van der Waals surface area contributed by atoms with Crippen LogP contribution in [0.2, 0.25) is 0 Å². The van der Waals surface area contributed by atoms with Gasteiger partial charge in [0.1, 0.15) is 4.88 Å². The van der Waals surface area contributed by atoms with E-state index in [9.17, 15) is 4.79 Å². The normalized spacial score (nSPS) is 13.7. The number of nitrogens with one attached hydrogen (secondary N) is 2. The number of carbonyl (C=O) groups excluding carboxylic acids is 1. The molecule has 4 rings (SSSR count). The van der Waals surface area contributed by atoms with Gasteiger partial charge < -0.3 is 10.2 Å². The van der Waals surface area contributed by atoms with Gasteiger partial charge in [-0.05, 0) is 12.1 Å². The molecular formula is C16H15N5OS. The van der Waals surface area contributed by atoms with Crippen LogP contribution in [-0.4, -0.2) is 32.5 Å². The maximum absolute atomic E-state index is 12.5. The summed E-state index contributed by atoms with van der Waals surface area (Å²) in [6.45, 7) is 1.24. The molecule has 0 spiro atoms. The number of hydrogen-bond donors (Lipinski definition) is 2. The van der Waals surface area contributed by atoms with Crippen molar-refractivity contribution in [1.82, 2.24) is 20.1 Å². The highest BCUT2D eigenvalue weighted by atomic mass is 32.1. The van der Waals surface area contributed by atoms with Crippen LogP contribution >= 0.6 is 11.3 Å². The van der Waals surface area contributed by atoms with Crippen molar-refractivity contribution in [3.05, 3.63) is 58.2 Å². The van der Waals surface area contributed by atoms with E-state index < -0.39 is 0 Å². The van der Waals surface area contributed by atoms with Crippen molar-refractivity contribution < 1.29 is 4.79 Å². The minimum absolute atomic E-state index is 0.0324. The lowest BCUT2D eigenvalue weighted by molar-refractivity contribution is 0.0739. The minimum atomic E-state index is 0.0324. The molecule has 0 fully saturated rings. The van der Waals surface area contributed by atoms with E-state index in [1.807, 2.05) is 35.2 Å². The van der Waals surface area contributed by atoms with Gasteiger partial charge in [0.15, 0.2) is 5.82 Å². The molecule has 23 heavy (non-hydrogen) atoms. The van der Waals surface area contributed by atoms with Crippen molar-refractivity contribution in [2.75, 3.05) is 11.9 Å². The molecule has 3 heterocycles. The molecule has 6 nitrogen and oxygen atoms in total. The van der Waals surface area contributed by atoms with Crippen LogP contribution < -0.4 is 5.32 Å². The number of H-pyrrole nitrogens is 1. The van der Waals surface area contributed by atoms with Crippen LogP contribution in [0.25, 0.3) is 0 Å². The number of para-hydroxylation sites is 1. The van der Waals surface area contributed by atoms with Crippen LogP contribution in [0.1, 0.15) is 20.9 Å². The first-order valence-electron chi connectivity index (χ1n) is 7.37. The predicted octanol–water partition coefficient (Wildman–Crippen LogP) is 2.81. The second-order valence-corrected chi connectivity index (χ2v) is 6.25. The summed E-state index contributed by atoms with van der Waals surface area (Å²) in [4.78, 5) is 19.0. The highest BCUT2D eigenvalue weighted by Crippen LogP contribution is 2.27. The third kappa shape index (κ3) is 2.70. The van der Waals surface area contributed by atoms with E-state index in [0.717, 1.165) is 29.2 Å². The highest BCUT2D eigenvalue weighted by Gasteiger charge is 2.26. The minimum Gasteiger partial charge on any atom is -0.338 e. The fourth-order valence-corrected chi connectivity index (χ4v) is 3.29. The van der Waals surface area contributed by atoms with Crippen LogP contribution in [0, 0.1) is 0 Å². The molecule has 0 bridgehead atoms. The number of thiazole rings is 1. The Morgan fingerprint density at radius 2 is 2.17 bits per heavy atom. The number of hydrogen-bond acceptors (Lipinski definition) is 5. The first kappa shape index (κ1) is 14.0. The first-order valence-corrected chi connectivity index (χ1v) is 8.25. The van der Waals surface area contributed by atoms with Gasteiger partial charge in [0, 0.05) is 29.9 Å². The number of benzene rings is 1. The molecule has 2 N–H and O–H groups in total. The number of aromatic amines is 1. The summed E-state index contributed by atoms with van der Waals surface area (Å²) in [5.41, 5.74) is 4.81. The monoisotopic (exact) mass is 325 g/mol. The van der Waals surface area contributed by atoms with Crippen LogP contribution in [-0.2, 0) is 13.0 Å². The molecule has 1 aliphatic rings. The van der Waals surface area contributed by atoms with E-state index in [1.165, 1.54) is 11.3 Å². The molecule has 0 aliphatic carbocycles. The van der Waals surface area contributed by atoms with Gasteiger partial charge in [-0.15, -0.1) is 11.3 Å². The number of fused-ring (bicyclic) bond motifs is 1. The van der Waals surface area contributed by atoms with E-state index in [2.05, 4.69) is 20.5 Å². The van der Waals surface area contributed by atoms with Crippen molar-refractivity contribution in [2.45, 2.75) is 13.0 Å². The van der Waals surface area contributed by atoms with Gasteiger partial charge in [0.05, 0.1) is 18.3 Å². The van der Waals surface area contributed by atoms with E-state index in [-0.39, 0.29) is 5.91 Å². The van der Waals surface area contributed by atoms with E-state index in [1.54, 1.807) is 11.7 Å². The number of rotatable bonds is 3. The molecule has 1 aromatic carbocycles. The lowest BCUT2D eigenvalue weighted by Gasteiger charge is -2.26. The quantitative estimate of drug-likeness (QED) is 0.776. The van der Waals surface area contributed by atoms with E-state index in [0.29, 0.717) is 18.0 Å². The van der Waals surface area contributed by atoms with Gasteiger partial charge >= 0.3 is 0 Å². The largest absolute Gasteiger partial charge is 0.338 e. The highest BCUT2D eigenvalue weighted by molar-refractivity contribution is 7.11. The predicted molar refractivity (Wildman–Crippen MR) is 88.9 cm³/mol. The maximum Gasteiger partial charge on any atom is 0.265 e. The van der Waals surface area contributed by atoms with Gasteiger partial charge in [-0.3, -0.25) is 14.9 Å². The Labute approximate surface area is 137 Å². The van der Waals surface area contributed by atoms with Crippen LogP contribution in [0.15, 0.2) is 42.0 Å². The second-order valence-electron chi connectivity index (χ2n) is 5.36. The number of carbonyl (C=O) groups is 1. The first-order chi connectivity index (χ1) is 11.3. The zero-order chi connectivity index (χ0) is 15.6. The lowest BCUT2D eigenvalue weighted by Crippen LogP contribution is -2.35. The van der Waals surface area contributed by atoms with E-state index in [4.69, 9.17) is 0 Å². The Bertz CT molecular complexity index is 812. The number of amides is 1. The summed E-state index contributed by atoms with van der Waals surface area (Å²) in [5.74, 6) is 0.818. The smallest absolute Gasteiger partial charge is 0.265 e. The fourth-order valence-electron chi connectivity index (χ4n) is 2.71. The summed E-state index contributed by atoms with van der Waals surface area (Å²) in [5, 5.41) is 10.8. The molecule has 0 atom stereocenters. The molecule has 0 unspecified atom stereocenters. The maximum atomic E-state index is 12.5. The van der Waals surface area contributed by atoms with Gasteiger partial charge in [0.2, 0.25) is 0 Å². The standard InChI is InChI=1S/C16H15N5OS/c22-16(14-8-17-10-23-14)21-7-6-13-12(9-21)15(20-19-13)18-11-4-2-1-3-5-11/h1-5,8,10H,6-7,9H2,(H2,18,19,20). The Balaban J connectivity index is 1.57. The van der Waals surface area contributed by atoms with Gasteiger partial charge in [0.25, 0.3) is 5.91 Å². The topological polar surface area (TPSA) is 73.9 Å². The summed E-state index contributed by atoms with van der Waals surface area (Å²) in [6.07, 6.45) is 2.41. The number of nitrogens with zero attached hydrogens (tertiary/aromatic N) is 3.